The van der Waals surface area contributed by atoms with Gasteiger partial charge in [0, 0.05) is 32.8 Å². The van der Waals surface area contributed by atoms with E-state index in [4.69, 9.17) is 23.2 Å². The zero-order valence-electron chi connectivity index (χ0n) is 19.8. The van der Waals surface area contributed by atoms with Gasteiger partial charge < -0.3 is 4.90 Å². The molecule has 186 valence electrons. The van der Waals surface area contributed by atoms with E-state index in [0.29, 0.717) is 31.6 Å². The molecule has 1 aromatic heterocycles. The van der Waals surface area contributed by atoms with Crippen molar-refractivity contribution in [2.75, 3.05) is 4.90 Å². The molecule has 1 saturated heterocycles. The molecule has 7 heteroatoms. The molecule has 4 aromatic rings. The standard InChI is InChI=1S/C31H19Cl2NO3S/c32-18-12-13-23-17(16-18)11-14-25-31(29(36)19-6-1-2-7-20(19)30(31)37)26(21-8-3-4-9-22(21)33)27(34(23)25)28(35)24-10-5-15-38-24/h1-16,25-27H/t25-,26+,27-/m0/s1. The summed E-state index contributed by atoms with van der Waals surface area (Å²) in [7, 11) is 0. The van der Waals surface area contributed by atoms with Crippen LogP contribution in [0.25, 0.3) is 6.08 Å². The van der Waals surface area contributed by atoms with Gasteiger partial charge in [-0.2, -0.15) is 0 Å². The molecule has 1 fully saturated rings. The van der Waals surface area contributed by atoms with E-state index in [0.717, 1.165) is 11.3 Å². The molecular formula is C31H19Cl2NO3S. The maximum absolute atomic E-state index is 14.5. The lowest BCUT2D eigenvalue weighted by molar-refractivity contribution is 0.0666. The number of hydrogen-bond donors (Lipinski definition) is 0. The molecule has 0 saturated carbocycles. The predicted molar refractivity (Wildman–Crippen MR) is 151 cm³/mol. The van der Waals surface area contributed by atoms with Crippen LogP contribution in [0.2, 0.25) is 10.0 Å². The summed E-state index contributed by atoms with van der Waals surface area (Å²) in [6.45, 7) is 0. The van der Waals surface area contributed by atoms with Crippen molar-refractivity contribution in [3.63, 3.8) is 0 Å². The molecule has 3 aromatic carbocycles. The number of benzene rings is 3. The molecule has 4 nitrogen and oxygen atoms in total. The summed E-state index contributed by atoms with van der Waals surface area (Å²) >= 11 is 14.5. The van der Waals surface area contributed by atoms with Gasteiger partial charge in [0.2, 0.25) is 0 Å². The van der Waals surface area contributed by atoms with Crippen molar-refractivity contribution in [1.82, 2.24) is 0 Å². The number of nitrogens with zero attached hydrogens (tertiary/aromatic N) is 1. The van der Waals surface area contributed by atoms with Crippen LogP contribution >= 0.6 is 34.5 Å². The van der Waals surface area contributed by atoms with Gasteiger partial charge in [-0.1, -0.05) is 83.9 Å². The number of anilines is 1. The summed E-state index contributed by atoms with van der Waals surface area (Å²) in [5, 5.41) is 2.83. The monoisotopic (exact) mass is 555 g/mol. The first-order valence-electron chi connectivity index (χ1n) is 12.2. The van der Waals surface area contributed by atoms with Crippen LogP contribution in [0.4, 0.5) is 5.69 Å². The van der Waals surface area contributed by atoms with Crippen molar-refractivity contribution in [2.24, 2.45) is 5.41 Å². The number of fused-ring (bicyclic) bond motifs is 5. The van der Waals surface area contributed by atoms with E-state index in [2.05, 4.69) is 0 Å². The van der Waals surface area contributed by atoms with E-state index in [1.165, 1.54) is 11.3 Å². The minimum atomic E-state index is -1.57. The first-order chi connectivity index (χ1) is 18.4. The Morgan fingerprint density at radius 1 is 0.868 bits per heavy atom. The van der Waals surface area contributed by atoms with E-state index in [1.54, 1.807) is 48.5 Å². The van der Waals surface area contributed by atoms with Crippen molar-refractivity contribution in [1.29, 1.82) is 0 Å². The Morgan fingerprint density at radius 2 is 1.58 bits per heavy atom. The van der Waals surface area contributed by atoms with Crippen LogP contribution in [-0.2, 0) is 0 Å². The van der Waals surface area contributed by atoms with E-state index < -0.39 is 23.4 Å². The van der Waals surface area contributed by atoms with Crippen molar-refractivity contribution >= 4 is 63.7 Å². The molecule has 0 radical (unpaired) electrons. The maximum atomic E-state index is 14.5. The highest BCUT2D eigenvalue weighted by Gasteiger charge is 2.71. The van der Waals surface area contributed by atoms with Crippen LogP contribution in [0, 0.1) is 5.41 Å². The van der Waals surface area contributed by atoms with Crippen LogP contribution < -0.4 is 4.90 Å². The van der Waals surface area contributed by atoms with Gasteiger partial charge in [-0.3, -0.25) is 14.4 Å². The van der Waals surface area contributed by atoms with Gasteiger partial charge in [0.15, 0.2) is 17.3 Å². The van der Waals surface area contributed by atoms with E-state index >= 15 is 0 Å². The average molecular weight is 556 g/mol. The molecule has 1 aliphatic carbocycles. The number of hydrogen-bond acceptors (Lipinski definition) is 5. The summed E-state index contributed by atoms with van der Waals surface area (Å²) in [4.78, 5) is 46.0. The molecule has 3 heterocycles. The summed E-state index contributed by atoms with van der Waals surface area (Å²) in [5.74, 6) is -1.53. The Balaban J connectivity index is 1.57. The second-order valence-electron chi connectivity index (χ2n) is 9.77. The van der Waals surface area contributed by atoms with Gasteiger partial charge >= 0.3 is 0 Å². The normalized spacial score (nSPS) is 22.5. The number of Topliss-reactive ketones (excluding diaryl/α,β-unsaturated/α-hetero) is 3. The van der Waals surface area contributed by atoms with Crippen LogP contribution in [-0.4, -0.2) is 29.4 Å². The van der Waals surface area contributed by atoms with Gasteiger partial charge in [-0.05, 0) is 46.8 Å². The minimum absolute atomic E-state index is 0.153. The molecule has 0 unspecified atom stereocenters. The van der Waals surface area contributed by atoms with Gasteiger partial charge in [-0.25, -0.2) is 0 Å². The Labute approximate surface area is 233 Å². The summed E-state index contributed by atoms with van der Waals surface area (Å²) in [5.41, 5.74) is 1.38. The Hall–Kier alpha value is -3.51. The summed E-state index contributed by atoms with van der Waals surface area (Å²) in [6, 6.07) is 21.7. The molecule has 3 aliphatic rings. The second-order valence-corrected chi connectivity index (χ2v) is 11.6. The first kappa shape index (κ1) is 23.6. The second kappa shape index (κ2) is 8.50. The fourth-order valence-corrected chi connectivity index (χ4v) is 7.71. The lowest BCUT2D eigenvalue weighted by Gasteiger charge is -2.37. The molecule has 1 spiro atoms. The molecule has 0 amide bonds. The number of rotatable bonds is 3. The SMILES string of the molecule is O=C(c1cccs1)[C@@H]1[C@@H](c2ccccc2Cl)C2(C(=O)c3ccccc3C2=O)[C@@H]2C=Cc3cc(Cl)ccc3N12. The van der Waals surface area contributed by atoms with Gasteiger partial charge in [0.25, 0.3) is 0 Å². The molecule has 0 bridgehead atoms. The van der Waals surface area contributed by atoms with E-state index in [1.807, 2.05) is 52.8 Å². The third-order valence-corrected chi connectivity index (χ3v) is 9.50. The van der Waals surface area contributed by atoms with Crippen molar-refractivity contribution in [3.05, 3.63) is 127 Å². The fraction of sp³-hybridized carbons (Fsp3) is 0.129. The van der Waals surface area contributed by atoms with Crippen molar-refractivity contribution < 1.29 is 14.4 Å². The number of carbonyl (C=O) groups is 3. The lowest BCUT2D eigenvalue weighted by atomic mass is 9.64. The van der Waals surface area contributed by atoms with Crippen LogP contribution in [0.5, 0.6) is 0 Å². The quantitative estimate of drug-likeness (QED) is 0.195. The third-order valence-electron chi connectivity index (χ3n) is 8.04. The first-order valence-corrected chi connectivity index (χ1v) is 13.8. The Kier molecular flexibility index (Phi) is 5.28. The molecule has 7 rings (SSSR count). The number of carbonyl (C=O) groups excluding carboxylic acids is 3. The molecule has 0 N–H and O–H groups in total. The van der Waals surface area contributed by atoms with Crippen LogP contribution in [0.15, 0.2) is 90.3 Å². The van der Waals surface area contributed by atoms with Gasteiger partial charge in [0.05, 0.1) is 10.9 Å². The number of ketones is 3. The Morgan fingerprint density at radius 3 is 2.26 bits per heavy atom. The largest absolute Gasteiger partial charge is 0.352 e. The topological polar surface area (TPSA) is 54.5 Å². The maximum Gasteiger partial charge on any atom is 0.195 e. The van der Waals surface area contributed by atoms with Crippen LogP contribution in [0.1, 0.15) is 47.4 Å². The number of halogens is 2. The van der Waals surface area contributed by atoms with Gasteiger partial charge in [-0.15, -0.1) is 11.3 Å². The highest BCUT2D eigenvalue weighted by Crippen LogP contribution is 2.61. The number of thiophene rings is 1. The zero-order chi connectivity index (χ0) is 26.2. The highest BCUT2D eigenvalue weighted by atomic mass is 35.5. The average Bonchev–Trinajstić information content (AvgIpc) is 3.62. The van der Waals surface area contributed by atoms with Gasteiger partial charge in [0.1, 0.15) is 11.5 Å². The van der Waals surface area contributed by atoms with Crippen molar-refractivity contribution in [2.45, 2.75) is 18.0 Å². The molecule has 2 aliphatic heterocycles. The fourth-order valence-electron chi connectivity index (χ4n) is 6.58. The molecule has 38 heavy (non-hydrogen) atoms. The molecule has 3 atom stereocenters. The lowest BCUT2D eigenvalue weighted by Crippen LogP contribution is -2.48. The summed E-state index contributed by atoms with van der Waals surface area (Å²) in [6.07, 6.45) is 3.78. The summed E-state index contributed by atoms with van der Waals surface area (Å²) < 4.78 is 0. The smallest absolute Gasteiger partial charge is 0.195 e. The molecular weight excluding hydrogens is 537 g/mol. The predicted octanol–water partition coefficient (Wildman–Crippen LogP) is 7.37. The van der Waals surface area contributed by atoms with Crippen LogP contribution in [0.3, 0.4) is 0 Å². The highest BCUT2D eigenvalue weighted by molar-refractivity contribution is 7.12. The van der Waals surface area contributed by atoms with Crippen molar-refractivity contribution in [3.8, 4) is 0 Å². The zero-order valence-corrected chi connectivity index (χ0v) is 22.1. The van der Waals surface area contributed by atoms with E-state index in [9.17, 15) is 14.4 Å². The minimum Gasteiger partial charge on any atom is -0.352 e. The Bertz CT molecular complexity index is 1660. The van der Waals surface area contributed by atoms with E-state index in [-0.39, 0.29) is 17.3 Å². The third kappa shape index (κ3) is 3.01.